The van der Waals surface area contributed by atoms with Crippen molar-refractivity contribution in [2.24, 2.45) is 4.99 Å². The molecule has 0 aliphatic rings. The van der Waals surface area contributed by atoms with E-state index in [2.05, 4.69) is 20.6 Å². The summed E-state index contributed by atoms with van der Waals surface area (Å²) in [6.07, 6.45) is 0. The van der Waals surface area contributed by atoms with Gasteiger partial charge in [-0.3, -0.25) is 4.79 Å². The lowest BCUT2D eigenvalue weighted by atomic mass is 10.2. The van der Waals surface area contributed by atoms with Gasteiger partial charge >= 0.3 is 0 Å². The summed E-state index contributed by atoms with van der Waals surface area (Å²) in [5.41, 5.74) is 1.92. The summed E-state index contributed by atoms with van der Waals surface area (Å²) in [5, 5.41) is 6.34. The maximum absolute atomic E-state index is 11.9. The predicted molar refractivity (Wildman–Crippen MR) is 132 cm³/mol. The lowest BCUT2D eigenvalue weighted by Gasteiger charge is -2.16. The van der Waals surface area contributed by atoms with Crippen molar-refractivity contribution in [2.45, 2.75) is 13.1 Å². The standard InChI is InChI=1S/C21H30N6O2.HI/c1-26(2)19-8-6-7-17(25-19)14-23-21(24-15-20(28)27(3)4)22-13-16-9-11-18(29-5)12-10-16;/h6-12H,13-15H2,1-5H3,(H2,22,23,24);1H. The predicted octanol–water partition coefficient (Wildman–Crippen LogP) is 2.10. The number of likely N-dealkylation sites (N-methyl/N-ethyl adjacent to an activating group) is 1. The van der Waals surface area contributed by atoms with Crippen molar-refractivity contribution in [3.05, 3.63) is 53.7 Å². The zero-order valence-electron chi connectivity index (χ0n) is 18.2. The van der Waals surface area contributed by atoms with Crippen LogP contribution < -0.4 is 20.3 Å². The number of methoxy groups -OCH3 is 1. The van der Waals surface area contributed by atoms with Crippen LogP contribution in [0, 0.1) is 0 Å². The van der Waals surface area contributed by atoms with Gasteiger partial charge < -0.3 is 25.2 Å². The van der Waals surface area contributed by atoms with Crippen LogP contribution in [0.4, 0.5) is 5.82 Å². The van der Waals surface area contributed by atoms with Crippen LogP contribution in [0.3, 0.4) is 0 Å². The zero-order chi connectivity index (χ0) is 21.2. The number of guanidine groups is 1. The van der Waals surface area contributed by atoms with Gasteiger partial charge in [0.15, 0.2) is 5.96 Å². The molecule has 0 radical (unpaired) electrons. The molecule has 0 atom stereocenters. The minimum Gasteiger partial charge on any atom is -0.497 e. The molecule has 1 amide bonds. The molecule has 0 unspecified atom stereocenters. The fraction of sp³-hybridized carbons (Fsp3) is 0.381. The second-order valence-electron chi connectivity index (χ2n) is 6.89. The number of hydrogen-bond donors (Lipinski definition) is 2. The van der Waals surface area contributed by atoms with Crippen molar-refractivity contribution in [2.75, 3.05) is 46.7 Å². The first-order chi connectivity index (χ1) is 13.9. The number of carbonyl (C=O) groups is 1. The van der Waals surface area contributed by atoms with E-state index >= 15 is 0 Å². The summed E-state index contributed by atoms with van der Waals surface area (Å²) in [6.45, 7) is 1.12. The van der Waals surface area contributed by atoms with Crippen molar-refractivity contribution in [1.82, 2.24) is 20.5 Å². The van der Waals surface area contributed by atoms with Crippen molar-refractivity contribution in [3.8, 4) is 5.75 Å². The number of aliphatic imine (C=N–C) groups is 1. The van der Waals surface area contributed by atoms with Gasteiger partial charge in [-0.05, 0) is 29.8 Å². The highest BCUT2D eigenvalue weighted by molar-refractivity contribution is 14.0. The van der Waals surface area contributed by atoms with Crippen molar-refractivity contribution >= 4 is 41.7 Å². The van der Waals surface area contributed by atoms with E-state index in [1.165, 1.54) is 4.90 Å². The van der Waals surface area contributed by atoms with Gasteiger partial charge in [-0.25, -0.2) is 9.98 Å². The molecule has 2 N–H and O–H groups in total. The fourth-order valence-electron chi connectivity index (χ4n) is 2.38. The van der Waals surface area contributed by atoms with E-state index in [1.807, 2.05) is 61.5 Å². The molecule has 8 nitrogen and oxygen atoms in total. The van der Waals surface area contributed by atoms with Crippen LogP contribution >= 0.6 is 24.0 Å². The Morgan fingerprint density at radius 1 is 1.07 bits per heavy atom. The molecule has 30 heavy (non-hydrogen) atoms. The first-order valence-corrected chi connectivity index (χ1v) is 9.37. The lowest BCUT2D eigenvalue weighted by molar-refractivity contribution is -0.127. The number of nitrogens with zero attached hydrogens (tertiary/aromatic N) is 4. The van der Waals surface area contributed by atoms with Crippen molar-refractivity contribution < 1.29 is 9.53 Å². The Bertz CT molecular complexity index is 825. The molecule has 0 aliphatic carbocycles. The molecule has 164 valence electrons. The third-order valence-electron chi connectivity index (χ3n) is 4.17. The quantitative estimate of drug-likeness (QED) is 0.312. The Morgan fingerprint density at radius 2 is 1.77 bits per heavy atom. The topological polar surface area (TPSA) is 82.1 Å². The van der Waals surface area contributed by atoms with Gasteiger partial charge in [-0.1, -0.05) is 18.2 Å². The van der Waals surface area contributed by atoms with E-state index in [1.54, 1.807) is 21.2 Å². The van der Waals surface area contributed by atoms with Gasteiger partial charge in [0.05, 0.1) is 32.4 Å². The van der Waals surface area contributed by atoms with Crippen LogP contribution in [-0.2, 0) is 17.9 Å². The number of rotatable bonds is 8. The third-order valence-corrected chi connectivity index (χ3v) is 4.17. The number of amides is 1. The van der Waals surface area contributed by atoms with E-state index in [-0.39, 0.29) is 36.4 Å². The van der Waals surface area contributed by atoms with E-state index in [4.69, 9.17) is 4.74 Å². The number of hydrogen-bond acceptors (Lipinski definition) is 5. The highest BCUT2D eigenvalue weighted by Crippen LogP contribution is 2.12. The van der Waals surface area contributed by atoms with Crippen LogP contribution in [0.25, 0.3) is 0 Å². The summed E-state index contributed by atoms with van der Waals surface area (Å²) in [6, 6.07) is 13.6. The first kappa shape index (κ1) is 25.5. The van der Waals surface area contributed by atoms with Crippen LogP contribution in [0.1, 0.15) is 11.3 Å². The maximum atomic E-state index is 11.9. The number of halogens is 1. The van der Waals surface area contributed by atoms with Crippen LogP contribution in [0.15, 0.2) is 47.5 Å². The number of aromatic nitrogens is 1. The monoisotopic (exact) mass is 526 g/mol. The third kappa shape index (κ3) is 8.44. The molecule has 9 heteroatoms. The van der Waals surface area contributed by atoms with E-state index in [0.717, 1.165) is 22.8 Å². The molecule has 0 saturated heterocycles. The Kier molecular flexibility index (Phi) is 10.9. The Labute approximate surface area is 195 Å². The second-order valence-corrected chi connectivity index (χ2v) is 6.89. The lowest BCUT2D eigenvalue weighted by Crippen LogP contribution is -2.42. The Morgan fingerprint density at radius 3 is 2.37 bits per heavy atom. The van der Waals surface area contributed by atoms with E-state index < -0.39 is 0 Å². The smallest absolute Gasteiger partial charge is 0.241 e. The molecule has 0 bridgehead atoms. The van der Waals surface area contributed by atoms with Gasteiger partial charge in [-0.15, -0.1) is 24.0 Å². The van der Waals surface area contributed by atoms with Gasteiger partial charge in [0.1, 0.15) is 11.6 Å². The molecule has 1 aromatic heterocycles. The van der Waals surface area contributed by atoms with E-state index in [9.17, 15) is 4.79 Å². The normalized spacial score (nSPS) is 10.6. The summed E-state index contributed by atoms with van der Waals surface area (Å²) in [5.74, 6) is 2.21. The number of benzene rings is 1. The molecule has 0 aliphatic heterocycles. The van der Waals surface area contributed by atoms with Gasteiger partial charge in [0, 0.05) is 28.2 Å². The molecule has 1 aromatic carbocycles. The Balaban J connectivity index is 0.00000450. The highest BCUT2D eigenvalue weighted by atomic mass is 127. The Hall–Kier alpha value is -2.56. The van der Waals surface area contributed by atoms with E-state index in [0.29, 0.717) is 19.0 Å². The molecule has 0 spiro atoms. The van der Waals surface area contributed by atoms with Crippen molar-refractivity contribution in [1.29, 1.82) is 0 Å². The molecular formula is C21H31IN6O2. The summed E-state index contributed by atoms with van der Waals surface area (Å²) < 4.78 is 5.18. The number of carbonyl (C=O) groups excluding carboxylic acids is 1. The minimum atomic E-state index is -0.0309. The maximum Gasteiger partial charge on any atom is 0.241 e. The molecular weight excluding hydrogens is 495 g/mol. The largest absolute Gasteiger partial charge is 0.497 e. The van der Waals surface area contributed by atoms with Crippen LogP contribution in [-0.4, -0.2) is 63.6 Å². The number of ether oxygens (including phenoxy) is 1. The summed E-state index contributed by atoms with van der Waals surface area (Å²) >= 11 is 0. The minimum absolute atomic E-state index is 0. The number of nitrogens with one attached hydrogen (secondary N) is 2. The average molecular weight is 526 g/mol. The SMILES string of the molecule is COc1ccc(CN=C(NCC(=O)N(C)C)NCc2cccc(N(C)C)n2)cc1.I. The molecule has 1 heterocycles. The molecule has 2 aromatic rings. The van der Waals surface area contributed by atoms with Gasteiger partial charge in [0.25, 0.3) is 0 Å². The second kappa shape index (κ2) is 12.9. The van der Waals surface area contributed by atoms with Crippen LogP contribution in [0.2, 0.25) is 0 Å². The highest BCUT2D eigenvalue weighted by Gasteiger charge is 2.07. The summed E-state index contributed by atoms with van der Waals surface area (Å²) in [4.78, 5) is 24.6. The van der Waals surface area contributed by atoms with Crippen LogP contribution in [0.5, 0.6) is 5.75 Å². The first-order valence-electron chi connectivity index (χ1n) is 9.37. The zero-order valence-corrected chi connectivity index (χ0v) is 20.5. The average Bonchev–Trinajstić information content (AvgIpc) is 2.73. The number of anilines is 1. The number of pyridine rings is 1. The molecule has 0 saturated carbocycles. The fourth-order valence-corrected chi connectivity index (χ4v) is 2.38. The summed E-state index contributed by atoms with van der Waals surface area (Å²) in [7, 11) is 9.00. The van der Waals surface area contributed by atoms with Gasteiger partial charge in [-0.2, -0.15) is 0 Å². The van der Waals surface area contributed by atoms with Gasteiger partial charge in [0.2, 0.25) is 5.91 Å². The van der Waals surface area contributed by atoms with Crippen molar-refractivity contribution in [3.63, 3.8) is 0 Å². The molecule has 0 fully saturated rings. The molecule has 2 rings (SSSR count).